The number of hydrogen-bond donors (Lipinski definition) is 1. The van der Waals surface area contributed by atoms with E-state index >= 15 is 0 Å². The fraction of sp³-hybridized carbons (Fsp3) is 0.600. The first-order valence-electron chi connectivity index (χ1n) is 6.86. The van der Waals surface area contributed by atoms with Crippen LogP contribution in [0.3, 0.4) is 0 Å². The van der Waals surface area contributed by atoms with Gasteiger partial charge in [0.15, 0.2) is 0 Å². The maximum Gasteiger partial charge on any atom is 0.0110 e. The molecule has 1 unspecified atom stereocenters. The van der Waals surface area contributed by atoms with Crippen molar-refractivity contribution in [2.75, 3.05) is 46.3 Å². The summed E-state index contributed by atoms with van der Waals surface area (Å²) in [4.78, 5) is 4.93. The first-order chi connectivity index (χ1) is 8.69. The Kier molecular flexibility index (Phi) is 4.75. The van der Waals surface area contributed by atoms with Crippen molar-refractivity contribution in [3.8, 4) is 0 Å². The van der Waals surface area contributed by atoms with Gasteiger partial charge in [0, 0.05) is 45.2 Å². The molecular weight excluding hydrogens is 222 g/mol. The van der Waals surface area contributed by atoms with E-state index in [4.69, 9.17) is 5.73 Å². The predicted octanol–water partition coefficient (Wildman–Crippen LogP) is 1.28. The topological polar surface area (TPSA) is 32.5 Å². The molecule has 1 heterocycles. The van der Waals surface area contributed by atoms with Crippen LogP contribution in [0.15, 0.2) is 24.3 Å². The summed E-state index contributed by atoms with van der Waals surface area (Å²) >= 11 is 0. The molecule has 1 aliphatic rings. The normalized spacial score (nSPS) is 19.9. The van der Waals surface area contributed by atoms with E-state index in [0.29, 0.717) is 5.92 Å². The van der Waals surface area contributed by atoms with E-state index < -0.39 is 0 Å². The third-order valence-electron chi connectivity index (χ3n) is 3.87. The first kappa shape index (κ1) is 13.5. The summed E-state index contributed by atoms with van der Waals surface area (Å²) in [7, 11) is 2.19. The summed E-state index contributed by atoms with van der Waals surface area (Å²) in [6, 6.07) is 8.76. The molecule has 0 saturated carbocycles. The lowest BCUT2D eigenvalue weighted by atomic mass is 9.97. The Morgan fingerprint density at radius 1 is 1.22 bits per heavy atom. The van der Waals surface area contributed by atoms with E-state index in [0.717, 1.165) is 13.1 Å². The van der Waals surface area contributed by atoms with Crippen molar-refractivity contribution in [1.29, 1.82) is 0 Å². The van der Waals surface area contributed by atoms with Crippen LogP contribution in [0.5, 0.6) is 0 Å². The molecule has 0 radical (unpaired) electrons. The third kappa shape index (κ3) is 3.55. The van der Waals surface area contributed by atoms with Crippen molar-refractivity contribution in [3.63, 3.8) is 0 Å². The lowest BCUT2D eigenvalue weighted by molar-refractivity contribution is 0.147. The van der Waals surface area contributed by atoms with Gasteiger partial charge in [-0.15, -0.1) is 0 Å². The number of nitrogens with two attached hydrogens (primary N) is 1. The van der Waals surface area contributed by atoms with Gasteiger partial charge in [-0.05, 0) is 19.5 Å². The lowest BCUT2D eigenvalue weighted by Crippen LogP contribution is -2.46. The molecule has 2 rings (SSSR count). The highest BCUT2D eigenvalue weighted by molar-refractivity contribution is 5.26. The fourth-order valence-electron chi connectivity index (χ4n) is 2.58. The zero-order valence-electron chi connectivity index (χ0n) is 11.6. The van der Waals surface area contributed by atoms with Crippen molar-refractivity contribution in [3.05, 3.63) is 35.4 Å². The monoisotopic (exact) mass is 247 g/mol. The van der Waals surface area contributed by atoms with E-state index in [9.17, 15) is 0 Å². The van der Waals surface area contributed by atoms with Crippen molar-refractivity contribution >= 4 is 0 Å². The molecule has 0 amide bonds. The SMILES string of the molecule is Cc1cccc(C(CN)CN2CCN(C)CC2)c1. The molecule has 2 N–H and O–H groups in total. The van der Waals surface area contributed by atoms with Crippen molar-refractivity contribution in [1.82, 2.24) is 9.80 Å². The van der Waals surface area contributed by atoms with Crippen molar-refractivity contribution in [2.24, 2.45) is 5.73 Å². The minimum Gasteiger partial charge on any atom is -0.330 e. The Labute approximate surface area is 111 Å². The van der Waals surface area contributed by atoms with Crippen LogP contribution in [0, 0.1) is 6.92 Å². The van der Waals surface area contributed by atoms with Crippen LogP contribution < -0.4 is 5.73 Å². The maximum atomic E-state index is 5.96. The molecular formula is C15H25N3. The minimum absolute atomic E-state index is 0.466. The van der Waals surface area contributed by atoms with Gasteiger partial charge < -0.3 is 15.5 Å². The van der Waals surface area contributed by atoms with Crippen LogP contribution in [-0.4, -0.2) is 56.1 Å². The largest absolute Gasteiger partial charge is 0.330 e. The highest BCUT2D eigenvalue weighted by atomic mass is 15.2. The zero-order chi connectivity index (χ0) is 13.0. The van der Waals surface area contributed by atoms with Crippen LogP contribution in [0.2, 0.25) is 0 Å². The van der Waals surface area contributed by atoms with Crippen molar-refractivity contribution in [2.45, 2.75) is 12.8 Å². The lowest BCUT2D eigenvalue weighted by Gasteiger charge is -2.34. The van der Waals surface area contributed by atoms with Gasteiger partial charge in [0.25, 0.3) is 0 Å². The molecule has 1 aromatic rings. The number of benzene rings is 1. The van der Waals surface area contributed by atoms with Gasteiger partial charge in [-0.2, -0.15) is 0 Å². The fourth-order valence-corrected chi connectivity index (χ4v) is 2.58. The molecule has 3 nitrogen and oxygen atoms in total. The van der Waals surface area contributed by atoms with E-state index in [1.54, 1.807) is 0 Å². The first-order valence-corrected chi connectivity index (χ1v) is 6.86. The zero-order valence-corrected chi connectivity index (χ0v) is 11.6. The molecule has 0 bridgehead atoms. The van der Waals surface area contributed by atoms with Gasteiger partial charge in [-0.25, -0.2) is 0 Å². The Bertz CT molecular complexity index is 370. The number of likely N-dealkylation sites (N-methyl/N-ethyl adjacent to an activating group) is 1. The Morgan fingerprint density at radius 3 is 2.56 bits per heavy atom. The number of hydrogen-bond acceptors (Lipinski definition) is 3. The third-order valence-corrected chi connectivity index (χ3v) is 3.87. The second-order valence-electron chi connectivity index (χ2n) is 5.45. The molecule has 18 heavy (non-hydrogen) atoms. The van der Waals surface area contributed by atoms with Gasteiger partial charge in [-0.1, -0.05) is 29.8 Å². The summed E-state index contributed by atoms with van der Waals surface area (Å²) in [5.41, 5.74) is 8.67. The van der Waals surface area contributed by atoms with Crippen LogP contribution >= 0.6 is 0 Å². The Hall–Kier alpha value is -0.900. The average molecular weight is 247 g/mol. The molecule has 1 saturated heterocycles. The van der Waals surface area contributed by atoms with Gasteiger partial charge >= 0.3 is 0 Å². The smallest absolute Gasteiger partial charge is 0.0110 e. The second kappa shape index (κ2) is 6.32. The molecule has 0 aliphatic carbocycles. The summed E-state index contributed by atoms with van der Waals surface area (Å²) in [5.74, 6) is 0.466. The van der Waals surface area contributed by atoms with Gasteiger partial charge in [-0.3, -0.25) is 0 Å². The van der Waals surface area contributed by atoms with Crippen molar-refractivity contribution < 1.29 is 0 Å². The molecule has 1 aliphatic heterocycles. The van der Waals surface area contributed by atoms with Crippen LogP contribution in [0.4, 0.5) is 0 Å². The van der Waals surface area contributed by atoms with E-state index in [1.807, 2.05) is 0 Å². The van der Waals surface area contributed by atoms with Crippen LogP contribution in [-0.2, 0) is 0 Å². The molecule has 3 heteroatoms. The minimum atomic E-state index is 0.466. The molecule has 1 aromatic carbocycles. The summed E-state index contributed by atoms with van der Waals surface area (Å²) in [5, 5.41) is 0. The van der Waals surface area contributed by atoms with Gasteiger partial charge in [0.1, 0.15) is 0 Å². The van der Waals surface area contributed by atoms with Gasteiger partial charge in [0.05, 0.1) is 0 Å². The van der Waals surface area contributed by atoms with Crippen LogP contribution in [0.1, 0.15) is 17.0 Å². The summed E-state index contributed by atoms with van der Waals surface area (Å²) in [6.07, 6.45) is 0. The summed E-state index contributed by atoms with van der Waals surface area (Å²) in [6.45, 7) is 8.64. The summed E-state index contributed by atoms with van der Waals surface area (Å²) < 4.78 is 0. The standard InChI is InChI=1S/C15H25N3/c1-13-4-3-5-14(10-13)15(11-16)12-18-8-6-17(2)7-9-18/h3-5,10,15H,6-9,11-12,16H2,1-2H3. The number of nitrogens with zero attached hydrogens (tertiary/aromatic N) is 2. The quantitative estimate of drug-likeness (QED) is 0.870. The molecule has 1 fully saturated rings. The van der Waals surface area contributed by atoms with E-state index in [2.05, 4.69) is 48.0 Å². The average Bonchev–Trinajstić information content (AvgIpc) is 2.38. The molecule has 0 aromatic heterocycles. The Balaban J connectivity index is 1.97. The highest BCUT2D eigenvalue weighted by Gasteiger charge is 2.18. The van der Waals surface area contributed by atoms with Crippen LogP contribution in [0.25, 0.3) is 0 Å². The number of piperazine rings is 1. The predicted molar refractivity (Wildman–Crippen MR) is 76.9 cm³/mol. The number of rotatable bonds is 4. The highest BCUT2D eigenvalue weighted by Crippen LogP contribution is 2.18. The molecule has 0 spiro atoms. The second-order valence-corrected chi connectivity index (χ2v) is 5.45. The molecule has 1 atom stereocenters. The van der Waals surface area contributed by atoms with Gasteiger partial charge in [0.2, 0.25) is 0 Å². The number of aryl methyl sites for hydroxylation is 1. The van der Waals surface area contributed by atoms with E-state index in [-0.39, 0.29) is 0 Å². The van der Waals surface area contributed by atoms with E-state index in [1.165, 1.54) is 37.3 Å². The maximum absolute atomic E-state index is 5.96. The Morgan fingerprint density at radius 2 is 1.94 bits per heavy atom. The molecule has 100 valence electrons.